The van der Waals surface area contributed by atoms with Crippen molar-refractivity contribution in [2.24, 2.45) is 0 Å². The maximum atomic E-state index is 5.63. The molecule has 0 amide bonds. The molecule has 0 aromatic heterocycles. The van der Waals surface area contributed by atoms with Crippen molar-refractivity contribution in [1.29, 1.82) is 0 Å². The molecule has 2 heterocycles. The van der Waals surface area contributed by atoms with Crippen LogP contribution in [0.3, 0.4) is 0 Å². The lowest BCUT2D eigenvalue weighted by molar-refractivity contribution is -0.184. The third-order valence-electron chi connectivity index (χ3n) is 3.55. The predicted octanol–water partition coefficient (Wildman–Crippen LogP) is 2.53. The van der Waals surface area contributed by atoms with Crippen LogP contribution in [-0.4, -0.2) is 43.5 Å². The molecule has 2 fully saturated rings. The molecule has 1 aromatic rings. The minimum Gasteiger partial charge on any atom is -0.347 e. The van der Waals surface area contributed by atoms with E-state index in [4.69, 9.17) is 9.47 Å². The standard InChI is InChI=1S/C9H17NO2.C6H6/c1-2-10-5-3-9(4-6-10)11-7-8-12-9;1-2-4-6-5-3-1/h2-8H2,1H3;1-6H. The lowest BCUT2D eigenvalue weighted by Crippen LogP contribution is -2.44. The van der Waals surface area contributed by atoms with Gasteiger partial charge in [0, 0.05) is 25.9 Å². The van der Waals surface area contributed by atoms with Gasteiger partial charge in [-0.05, 0) is 6.54 Å². The zero-order chi connectivity index (χ0) is 12.7. The molecular weight excluding hydrogens is 226 g/mol. The average Bonchev–Trinajstić information content (AvgIpc) is 2.91. The SMILES string of the molecule is CCN1CCC2(CC1)OCCO2.c1ccccc1. The zero-order valence-corrected chi connectivity index (χ0v) is 11.2. The minimum atomic E-state index is -0.189. The van der Waals surface area contributed by atoms with Crippen molar-refractivity contribution in [3.63, 3.8) is 0 Å². The molecule has 0 N–H and O–H groups in total. The molecule has 3 nitrogen and oxygen atoms in total. The van der Waals surface area contributed by atoms with E-state index in [2.05, 4.69) is 11.8 Å². The Hall–Kier alpha value is -0.900. The summed E-state index contributed by atoms with van der Waals surface area (Å²) in [7, 11) is 0. The van der Waals surface area contributed by atoms with Gasteiger partial charge in [0.15, 0.2) is 5.79 Å². The van der Waals surface area contributed by atoms with Crippen LogP contribution in [0.25, 0.3) is 0 Å². The second-order valence-corrected chi connectivity index (χ2v) is 4.70. The van der Waals surface area contributed by atoms with Gasteiger partial charge in [-0.2, -0.15) is 0 Å². The summed E-state index contributed by atoms with van der Waals surface area (Å²) in [6.45, 7) is 7.16. The van der Waals surface area contributed by atoms with Gasteiger partial charge in [-0.1, -0.05) is 43.3 Å². The Morgan fingerprint density at radius 1 is 0.889 bits per heavy atom. The summed E-state index contributed by atoms with van der Waals surface area (Å²) in [6, 6.07) is 12.0. The minimum absolute atomic E-state index is 0.189. The van der Waals surface area contributed by atoms with Crippen molar-refractivity contribution in [2.75, 3.05) is 32.8 Å². The summed E-state index contributed by atoms with van der Waals surface area (Å²) in [5.41, 5.74) is 0. The van der Waals surface area contributed by atoms with E-state index in [1.165, 1.54) is 0 Å². The molecule has 1 aromatic carbocycles. The molecule has 0 atom stereocenters. The molecule has 3 rings (SSSR count). The summed E-state index contributed by atoms with van der Waals surface area (Å²) in [6.07, 6.45) is 2.08. The van der Waals surface area contributed by atoms with Crippen molar-refractivity contribution in [2.45, 2.75) is 25.6 Å². The van der Waals surface area contributed by atoms with Crippen LogP contribution in [0.2, 0.25) is 0 Å². The second kappa shape index (κ2) is 6.88. The fourth-order valence-electron chi connectivity index (χ4n) is 2.38. The highest BCUT2D eigenvalue weighted by molar-refractivity contribution is 4.99. The van der Waals surface area contributed by atoms with Gasteiger partial charge in [0.1, 0.15) is 0 Å². The molecule has 0 saturated carbocycles. The first-order valence-corrected chi connectivity index (χ1v) is 6.85. The van der Waals surface area contributed by atoms with E-state index in [1.54, 1.807) is 0 Å². The van der Waals surface area contributed by atoms with Crippen LogP contribution in [0.15, 0.2) is 36.4 Å². The van der Waals surface area contributed by atoms with Crippen molar-refractivity contribution in [1.82, 2.24) is 4.90 Å². The molecule has 3 heteroatoms. The molecule has 0 radical (unpaired) electrons. The molecule has 0 unspecified atom stereocenters. The van der Waals surface area contributed by atoms with E-state index in [0.717, 1.165) is 45.7 Å². The lowest BCUT2D eigenvalue weighted by atomic mass is 10.0. The first-order chi connectivity index (χ1) is 8.85. The largest absolute Gasteiger partial charge is 0.347 e. The van der Waals surface area contributed by atoms with Crippen molar-refractivity contribution >= 4 is 0 Å². The summed E-state index contributed by atoms with van der Waals surface area (Å²) in [5.74, 6) is -0.189. The molecule has 2 aliphatic heterocycles. The molecule has 2 saturated heterocycles. The zero-order valence-electron chi connectivity index (χ0n) is 11.2. The number of nitrogens with zero attached hydrogens (tertiary/aromatic N) is 1. The van der Waals surface area contributed by atoms with Crippen LogP contribution in [0.5, 0.6) is 0 Å². The number of ether oxygens (including phenoxy) is 2. The highest BCUT2D eigenvalue weighted by Gasteiger charge is 2.39. The highest BCUT2D eigenvalue weighted by atomic mass is 16.7. The first-order valence-electron chi connectivity index (χ1n) is 6.85. The third-order valence-corrected chi connectivity index (χ3v) is 3.55. The number of likely N-dealkylation sites (tertiary alicyclic amines) is 1. The Bertz CT molecular complexity index is 286. The number of rotatable bonds is 1. The van der Waals surface area contributed by atoms with Gasteiger partial charge in [-0.15, -0.1) is 0 Å². The first kappa shape index (κ1) is 13.5. The summed E-state index contributed by atoms with van der Waals surface area (Å²) in [5, 5.41) is 0. The lowest BCUT2D eigenvalue weighted by Gasteiger charge is -2.36. The smallest absolute Gasteiger partial charge is 0.170 e. The summed E-state index contributed by atoms with van der Waals surface area (Å²) >= 11 is 0. The number of hydrogen-bond acceptors (Lipinski definition) is 3. The monoisotopic (exact) mass is 249 g/mol. The molecular formula is C15H23NO2. The molecule has 0 aliphatic carbocycles. The van der Waals surface area contributed by atoms with Crippen molar-refractivity contribution in [3.05, 3.63) is 36.4 Å². The van der Waals surface area contributed by atoms with Crippen LogP contribution in [-0.2, 0) is 9.47 Å². The summed E-state index contributed by atoms with van der Waals surface area (Å²) < 4.78 is 11.3. The van der Waals surface area contributed by atoms with Gasteiger partial charge in [-0.25, -0.2) is 0 Å². The van der Waals surface area contributed by atoms with Crippen molar-refractivity contribution in [3.8, 4) is 0 Å². The van der Waals surface area contributed by atoms with E-state index in [-0.39, 0.29) is 5.79 Å². The molecule has 0 bridgehead atoms. The Labute approximate surface area is 110 Å². The van der Waals surface area contributed by atoms with Gasteiger partial charge in [0.25, 0.3) is 0 Å². The normalized spacial score (nSPS) is 22.5. The summed E-state index contributed by atoms with van der Waals surface area (Å²) in [4.78, 5) is 2.44. The maximum Gasteiger partial charge on any atom is 0.170 e. The van der Waals surface area contributed by atoms with E-state index >= 15 is 0 Å². The van der Waals surface area contributed by atoms with Crippen LogP contribution in [0.1, 0.15) is 19.8 Å². The number of benzene rings is 1. The molecule has 1 spiro atoms. The fraction of sp³-hybridized carbons (Fsp3) is 0.600. The average molecular weight is 249 g/mol. The Kier molecular flexibility index (Phi) is 5.17. The van der Waals surface area contributed by atoms with E-state index in [9.17, 15) is 0 Å². The molecule has 100 valence electrons. The molecule has 18 heavy (non-hydrogen) atoms. The van der Waals surface area contributed by atoms with E-state index < -0.39 is 0 Å². The van der Waals surface area contributed by atoms with Gasteiger partial charge < -0.3 is 14.4 Å². The topological polar surface area (TPSA) is 21.7 Å². The number of hydrogen-bond donors (Lipinski definition) is 0. The fourth-order valence-corrected chi connectivity index (χ4v) is 2.38. The van der Waals surface area contributed by atoms with Gasteiger partial charge in [-0.3, -0.25) is 0 Å². The highest BCUT2D eigenvalue weighted by Crippen LogP contribution is 2.30. The van der Waals surface area contributed by atoms with Crippen LogP contribution in [0.4, 0.5) is 0 Å². The van der Waals surface area contributed by atoms with E-state index in [1.807, 2.05) is 36.4 Å². The van der Waals surface area contributed by atoms with Crippen LogP contribution in [0, 0.1) is 0 Å². The van der Waals surface area contributed by atoms with Crippen molar-refractivity contribution < 1.29 is 9.47 Å². The Balaban J connectivity index is 0.000000169. The van der Waals surface area contributed by atoms with Crippen LogP contribution >= 0.6 is 0 Å². The maximum absolute atomic E-state index is 5.63. The van der Waals surface area contributed by atoms with Crippen LogP contribution < -0.4 is 0 Å². The van der Waals surface area contributed by atoms with Gasteiger partial charge >= 0.3 is 0 Å². The number of piperidine rings is 1. The van der Waals surface area contributed by atoms with E-state index in [0.29, 0.717) is 0 Å². The second-order valence-electron chi connectivity index (χ2n) is 4.70. The third kappa shape index (κ3) is 3.80. The predicted molar refractivity (Wildman–Crippen MR) is 72.4 cm³/mol. The van der Waals surface area contributed by atoms with Gasteiger partial charge in [0.05, 0.1) is 13.2 Å². The quantitative estimate of drug-likeness (QED) is 0.763. The molecule has 2 aliphatic rings. The Morgan fingerprint density at radius 2 is 1.33 bits per heavy atom. The Morgan fingerprint density at radius 3 is 1.72 bits per heavy atom. The van der Waals surface area contributed by atoms with Gasteiger partial charge in [0.2, 0.25) is 0 Å².